The van der Waals surface area contributed by atoms with Crippen molar-refractivity contribution in [2.24, 2.45) is 0 Å². The van der Waals surface area contributed by atoms with E-state index in [-0.39, 0.29) is 11.5 Å². The van der Waals surface area contributed by atoms with Crippen LogP contribution in [0.4, 0.5) is 0 Å². The van der Waals surface area contributed by atoms with Gasteiger partial charge in [-0.1, -0.05) is 13.0 Å². The summed E-state index contributed by atoms with van der Waals surface area (Å²) < 4.78 is 0. The molecule has 3 N–H and O–H groups in total. The fourth-order valence-corrected chi connectivity index (χ4v) is 1.35. The molecule has 0 aliphatic carbocycles. The van der Waals surface area contributed by atoms with Crippen LogP contribution in [0.2, 0.25) is 0 Å². The second-order valence-corrected chi connectivity index (χ2v) is 3.04. The molecule has 4 nitrogen and oxygen atoms in total. The number of phenols is 2. The Morgan fingerprint density at radius 3 is 2.50 bits per heavy atom. The van der Waals surface area contributed by atoms with Crippen LogP contribution in [0.1, 0.15) is 24.8 Å². The van der Waals surface area contributed by atoms with E-state index in [1.165, 1.54) is 12.1 Å². The molecule has 0 bridgehead atoms. The number of carboxylic acid groups (broad SMARTS) is 1. The molecule has 1 aromatic rings. The van der Waals surface area contributed by atoms with E-state index >= 15 is 0 Å². The minimum Gasteiger partial charge on any atom is -0.508 e. The molecule has 0 fully saturated rings. The zero-order valence-corrected chi connectivity index (χ0v) is 7.77. The Kier molecular flexibility index (Phi) is 2.96. The quantitative estimate of drug-likeness (QED) is 0.687. The van der Waals surface area contributed by atoms with Gasteiger partial charge in [0.25, 0.3) is 0 Å². The van der Waals surface area contributed by atoms with Gasteiger partial charge in [-0.15, -0.1) is 0 Å². The van der Waals surface area contributed by atoms with Crippen molar-refractivity contribution in [3.8, 4) is 11.5 Å². The summed E-state index contributed by atoms with van der Waals surface area (Å²) in [7, 11) is 0. The SMILES string of the molecule is CCC(C(=O)O)c1ccc(O)cc1O. The van der Waals surface area contributed by atoms with Crippen molar-refractivity contribution in [3.05, 3.63) is 23.8 Å². The molecule has 4 heteroatoms. The van der Waals surface area contributed by atoms with E-state index in [4.69, 9.17) is 10.2 Å². The molecule has 14 heavy (non-hydrogen) atoms. The van der Waals surface area contributed by atoms with Gasteiger partial charge in [0, 0.05) is 11.6 Å². The Balaban J connectivity index is 3.10. The molecule has 0 heterocycles. The van der Waals surface area contributed by atoms with Crippen LogP contribution in [0, 0.1) is 0 Å². The third-order valence-corrected chi connectivity index (χ3v) is 2.10. The first-order valence-electron chi connectivity index (χ1n) is 4.31. The van der Waals surface area contributed by atoms with Gasteiger partial charge in [-0.05, 0) is 12.5 Å². The highest BCUT2D eigenvalue weighted by Crippen LogP contribution is 2.31. The van der Waals surface area contributed by atoms with Crippen LogP contribution in [0.15, 0.2) is 18.2 Å². The van der Waals surface area contributed by atoms with Crippen LogP contribution in [0.3, 0.4) is 0 Å². The highest BCUT2D eigenvalue weighted by atomic mass is 16.4. The van der Waals surface area contributed by atoms with E-state index < -0.39 is 11.9 Å². The number of carboxylic acids is 1. The van der Waals surface area contributed by atoms with E-state index in [0.717, 1.165) is 6.07 Å². The maximum absolute atomic E-state index is 10.8. The number of carbonyl (C=O) groups is 1. The first-order valence-corrected chi connectivity index (χ1v) is 4.31. The summed E-state index contributed by atoms with van der Waals surface area (Å²) in [5, 5.41) is 27.3. The second-order valence-electron chi connectivity index (χ2n) is 3.04. The maximum atomic E-state index is 10.8. The van der Waals surface area contributed by atoms with Gasteiger partial charge in [0.15, 0.2) is 0 Å². The molecule has 0 aromatic heterocycles. The number of aromatic hydroxyl groups is 2. The van der Waals surface area contributed by atoms with Crippen molar-refractivity contribution >= 4 is 5.97 Å². The van der Waals surface area contributed by atoms with E-state index in [9.17, 15) is 9.90 Å². The van der Waals surface area contributed by atoms with Crippen molar-refractivity contribution in [3.63, 3.8) is 0 Å². The fourth-order valence-electron chi connectivity index (χ4n) is 1.35. The zero-order chi connectivity index (χ0) is 10.7. The monoisotopic (exact) mass is 196 g/mol. The van der Waals surface area contributed by atoms with Gasteiger partial charge in [0.2, 0.25) is 0 Å². The number of rotatable bonds is 3. The molecule has 1 atom stereocenters. The zero-order valence-electron chi connectivity index (χ0n) is 7.77. The van der Waals surface area contributed by atoms with Crippen LogP contribution in [-0.2, 0) is 4.79 Å². The number of aliphatic carboxylic acids is 1. The summed E-state index contributed by atoms with van der Waals surface area (Å²) in [6.45, 7) is 1.73. The van der Waals surface area contributed by atoms with Crippen molar-refractivity contribution in [2.75, 3.05) is 0 Å². The summed E-state index contributed by atoms with van der Waals surface area (Å²) >= 11 is 0. The predicted molar refractivity (Wildman–Crippen MR) is 50.4 cm³/mol. The Morgan fingerprint density at radius 1 is 1.43 bits per heavy atom. The van der Waals surface area contributed by atoms with Crippen molar-refractivity contribution in [2.45, 2.75) is 19.3 Å². The lowest BCUT2D eigenvalue weighted by molar-refractivity contribution is -0.138. The van der Waals surface area contributed by atoms with Crippen molar-refractivity contribution in [1.82, 2.24) is 0 Å². The number of benzene rings is 1. The molecular formula is C10H12O4. The fraction of sp³-hybridized carbons (Fsp3) is 0.300. The molecule has 0 aliphatic heterocycles. The minimum absolute atomic E-state index is 0.0773. The molecular weight excluding hydrogens is 184 g/mol. The van der Waals surface area contributed by atoms with Gasteiger partial charge in [0.05, 0.1) is 5.92 Å². The van der Waals surface area contributed by atoms with E-state index in [2.05, 4.69) is 0 Å². The van der Waals surface area contributed by atoms with Gasteiger partial charge < -0.3 is 15.3 Å². The van der Waals surface area contributed by atoms with Crippen LogP contribution < -0.4 is 0 Å². The molecule has 0 saturated heterocycles. The van der Waals surface area contributed by atoms with Gasteiger partial charge in [-0.25, -0.2) is 0 Å². The predicted octanol–water partition coefficient (Wildman–Crippen LogP) is 1.68. The average molecular weight is 196 g/mol. The molecule has 0 aliphatic rings. The standard InChI is InChI=1S/C10H12O4/c1-2-7(10(13)14)8-4-3-6(11)5-9(8)12/h3-5,7,11-12H,2H2,1H3,(H,13,14). The van der Waals surface area contributed by atoms with Gasteiger partial charge in [-0.2, -0.15) is 0 Å². The number of hydrogen-bond acceptors (Lipinski definition) is 3. The summed E-state index contributed by atoms with van der Waals surface area (Å²) in [4.78, 5) is 10.8. The molecule has 76 valence electrons. The lowest BCUT2D eigenvalue weighted by atomic mass is 9.96. The maximum Gasteiger partial charge on any atom is 0.311 e. The molecule has 1 aromatic carbocycles. The van der Waals surface area contributed by atoms with Gasteiger partial charge >= 0.3 is 5.97 Å². The smallest absolute Gasteiger partial charge is 0.311 e. The minimum atomic E-state index is -0.978. The largest absolute Gasteiger partial charge is 0.508 e. The molecule has 0 spiro atoms. The topological polar surface area (TPSA) is 77.8 Å². The summed E-state index contributed by atoms with van der Waals surface area (Å²) in [6.07, 6.45) is 0.396. The highest BCUT2D eigenvalue weighted by molar-refractivity contribution is 5.77. The molecule has 1 rings (SSSR count). The van der Waals surface area contributed by atoms with Gasteiger partial charge in [-0.3, -0.25) is 4.79 Å². The second kappa shape index (κ2) is 4.00. The van der Waals surface area contributed by atoms with E-state index in [1.54, 1.807) is 6.92 Å². The highest BCUT2D eigenvalue weighted by Gasteiger charge is 2.20. The molecule has 0 radical (unpaired) electrons. The normalized spacial score (nSPS) is 12.4. The number of phenolic OH excluding ortho intramolecular Hbond substituents is 2. The molecule has 0 saturated carbocycles. The van der Waals surface area contributed by atoms with Crippen LogP contribution >= 0.6 is 0 Å². The van der Waals surface area contributed by atoms with E-state index in [0.29, 0.717) is 12.0 Å². The first-order chi connectivity index (χ1) is 6.56. The summed E-state index contributed by atoms with van der Waals surface area (Å²) in [5.41, 5.74) is 0.331. The average Bonchev–Trinajstić information content (AvgIpc) is 2.09. The Labute approximate surface area is 81.4 Å². The molecule has 1 unspecified atom stereocenters. The van der Waals surface area contributed by atoms with E-state index in [1.807, 2.05) is 0 Å². The van der Waals surface area contributed by atoms with Gasteiger partial charge in [0.1, 0.15) is 11.5 Å². The molecule has 0 amide bonds. The summed E-state index contributed by atoms with van der Waals surface area (Å²) in [6, 6.07) is 3.93. The number of hydrogen-bond donors (Lipinski definition) is 3. The third kappa shape index (κ3) is 1.96. The Morgan fingerprint density at radius 2 is 2.07 bits per heavy atom. The first kappa shape index (κ1) is 10.4. The van der Waals surface area contributed by atoms with Crippen LogP contribution in [-0.4, -0.2) is 21.3 Å². The lowest BCUT2D eigenvalue weighted by Gasteiger charge is -2.11. The summed E-state index contributed by atoms with van der Waals surface area (Å²) in [5.74, 6) is -1.96. The van der Waals surface area contributed by atoms with Crippen molar-refractivity contribution < 1.29 is 20.1 Å². The third-order valence-electron chi connectivity index (χ3n) is 2.10. The van der Waals surface area contributed by atoms with Crippen molar-refractivity contribution in [1.29, 1.82) is 0 Å². The van der Waals surface area contributed by atoms with Crippen LogP contribution in [0.25, 0.3) is 0 Å². The Hall–Kier alpha value is -1.71. The van der Waals surface area contributed by atoms with Crippen LogP contribution in [0.5, 0.6) is 11.5 Å². The lowest BCUT2D eigenvalue weighted by Crippen LogP contribution is -2.10. The Bertz CT molecular complexity index is 346.